The lowest BCUT2D eigenvalue weighted by Gasteiger charge is -2.09. The van der Waals surface area contributed by atoms with Crippen molar-refractivity contribution >= 4 is 11.7 Å². The van der Waals surface area contributed by atoms with Crippen LogP contribution >= 0.6 is 0 Å². The Balaban J connectivity index is 1.76. The second kappa shape index (κ2) is 9.54. The predicted octanol–water partition coefficient (Wildman–Crippen LogP) is 2.53. The molecule has 0 atom stereocenters. The number of carbonyl (C=O) groups excluding carboxylic acids is 1. The first-order valence-corrected chi connectivity index (χ1v) is 7.66. The van der Waals surface area contributed by atoms with Crippen LogP contribution in [0.5, 0.6) is 5.75 Å². The van der Waals surface area contributed by atoms with Crippen molar-refractivity contribution in [3.05, 3.63) is 59.7 Å². The third-order valence-electron chi connectivity index (χ3n) is 3.45. The lowest BCUT2D eigenvalue weighted by molar-refractivity contribution is 0.000269. The number of methoxy groups -OCH3 is 1. The molecule has 128 valence electrons. The summed E-state index contributed by atoms with van der Waals surface area (Å²) in [6.07, 6.45) is 0.713. The first kappa shape index (κ1) is 17.8. The van der Waals surface area contributed by atoms with Gasteiger partial charge in [0.05, 0.1) is 13.7 Å². The molecular weight excluding hydrogens is 308 g/mol. The topological polar surface area (TPSA) is 79.8 Å². The van der Waals surface area contributed by atoms with Gasteiger partial charge < -0.3 is 25.2 Å². The van der Waals surface area contributed by atoms with Gasteiger partial charge in [-0.1, -0.05) is 24.3 Å². The van der Waals surface area contributed by atoms with Gasteiger partial charge in [-0.25, -0.2) is 4.79 Å². The van der Waals surface area contributed by atoms with Gasteiger partial charge in [-0.15, -0.1) is 0 Å². The number of hydrogen-bond donors (Lipinski definition) is 3. The highest BCUT2D eigenvalue weighted by molar-refractivity contribution is 5.89. The summed E-state index contributed by atoms with van der Waals surface area (Å²) in [5.41, 5.74) is 2.78. The van der Waals surface area contributed by atoms with Crippen LogP contribution in [0.15, 0.2) is 48.5 Å². The fraction of sp³-hybridized carbons (Fsp3) is 0.278. The number of aliphatic hydroxyl groups excluding tert-OH is 1. The molecule has 2 rings (SSSR count). The van der Waals surface area contributed by atoms with Gasteiger partial charge in [0.1, 0.15) is 12.5 Å². The van der Waals surface area contributed by atoms with Gasteiger partial charge in [-0.3, -0.25) is 0 Å². The van der Waals surface area contributed by atoms with E-state index in [-0.39, 0.29) is 12.8 Å². The van der Waals surface area contributed by atoms with Gasteiger partial charge in [0, 0.05) is 12.2 Å². The van der Waals surface area contributed by atoms with E-state index < -0.39 is 0 Å². The molecule has 0 spiro atoms. The number of urea groups is 1. The Morgan fingerprint density at radius 3 is 2.33 bits per heavy atom. The van der Waals surface area contributed by atoms with E-state index >= 15 is 0 Å². The smallest absolute Gasteiger partial charge is 0.319 e. The van der Waals surface area contributed by atoms with Crippen LogP contribution in [0.3, 0.4) is 0 Å². The summed E-state index contributed by atoms with van der Waals surface area (Å²) in [5, 5.41) is 14.1. The minimum atomic E-state index is -0.270. The molecule has 0 aromatic heterocycles. The van der Waals surface area contributed by atoms with Crippen LogP contribution in [0.1, 0.15) is 11.1 Å². The van der Waals surface area contributed by atoms with E-state index in [0.717, 1.165) is 16.9 Å². The average molecular weight is 330 g/mol. The minimum Gasteiger partial charge on any atom is -0.497 e. The highest BCUT2D eigenvalue weighted by atomic mass is 16.6. The van der Waals surface area contributed by atoms with E-state index in [2.05, 4.69) is 10.6 Å². The Morgan fingerprint density at radius 1 is 1.04 bits per heavy atom. The third kappa shape index (κ3) is 5.91. The summed E-state index contributed by atoms with van der Waals surface area (Å²) in [6, 6.07) is 14.8. The number of anilines is 1. The van der Waals surface area contributed by atoms with Crippen molar-refractivity contribution in [1.82, 2.24) is 5.32 Å². The summed E-state index contributed by atoms with van der Waals surface area (Å²) in [4.78, 5) is 11.9. The molecule has 0 aliphatic rings. The maximum Gasteiger partial charge on any atom is 0.319 e. The van der Waals surface area contributed by atoms with E-state index in [4.69, 9.17) is 14.6 Å². The Bertz CT molecular complexity index is 626. The highest BCUT2D eigenvalue weighted by Gasteiger charge is 2.02. The summed E-state index contributed by atoms with van der Waals surface area (Å²) >= 11 is 0. The van der Waals surface area contributed by atoms with Crippen LogP contribution in [0, 0.1) is 0 Å². The van der Waals surface area contributed by atoms with E-state index in [1.165, 1.54) is 0 Å². The molecule has 6 nitrogen and oxygen atoms in total. The van der Waals surface area contributed by atoms with Crippen molar-refractivity contribution in [2.75, 3.05) is 25.8 Å². The number of amides is 2. The van der Waals surface area contributed by atoms with Crippen molar-refractivity contribution in [3.63, 3.8) is 0 Å². The fourth-order valence-electron chi connectivity index (χ4n) is 2.11. The number of aliphatic hydroxyl groups is 1. The van der Waals surface area contributed by atoms with E-state index in [1.807, 2.05) is 48.5 Å². The number of ether oxygens (including phenoxy) is 2. The summed E-state index contributed by atoms with van der Waals surface area (Å²) in [6.45, 7) is 0.631. The Kier molecular flexibility index (Phi) is 7.07. The number of nitrogens with one attached hydrogen (secondary N) is 2. The van der Waals surface area contributed by atoms with E-state index in [1.54, 1.807) is 7.11 Å². The fourth-order valence-corrected chi connectivity index (χ4v) is 2.11. The molecule has 0 fully saturated rings. The van der Waals surface area contributed by atoms with Crippen molar-refractivity contribution in [2.45, 2.75) is 13.0 Å². The summed E-state index contributed by atoms with van der Waals surface area (Å²) in [5.74, 6) is 0.785. The molecule has 24 heavy (non-hydrogen) atoms. The van der Waals surface area contributed by atoms with Gasteiger partial charge >= 0.3 is 6.03 Å². The van der Waals surface area contributed by atoms with Crippen LogP contribution in [0.2, 0.25) is 0 Å². The SMILES string of the molecule is COc1ccc(CNC(=O)Nc2ccc(CCOCO)cc2)cc1. The van der Waals surface area contributed by atoms with Crippen molar-refractivity contribution in [2.24, 2.45) is 0 Å². The van der Waals surface area contributed by atoms with Crippen molar-refractivity contribution < 1.29 is 19.4 Å². The van der Waals surface area contributed by atoms with Crippen LogP contribution in [-0.4, -0.2) is 31.6 Å². The van der Waals surface area contributed by atoms with Gasteiger partial charge in [0.25, 0.3) is 0 Å². The van der Waals surface area contributed by atoms with Crippen LogP contribution < -0.4 is 15.4 Å². The third-order valence-corrected chi connectivity index (χ3v) is 3.45. The van der Waals surface area contributed by atoms with Gasteiger partial charge in [0.2, 0.25) is 0 Å². The number of benzene rings is 2. The van der Waals surface area contributed by atoms with Crippen LogP contribution in [0.4, 0.5) is 10.5 Å². The lowest BCUT2D eigenvalue weighted by atomic mass is 10.1. The number of hydrogen-bond acceptors (Lipinski definition) is 4. The van der Waals surface area contributed by atoms with E-state index in [0.29, 0.717) is 25.3 Å². The number of carbonyl (C=O) groups is 1. The molecule has 2 aromatic carbocycles. The molecule has 2 amide bonds. The summed E-state index contributed by atoms with van der Waals surface area (Å²) < 4.78 is 9.98. The molecular formula is C18H22N2O4. The average Bonchev–Trinajstić information content (AvgIpc) is 2.62. The Morgan fingerprint density at radius 2 is 1.71 bits per heavy atom. The van der Waals surface area contributed by atoms with Gasteiger partial charge in [-0.05, 0) is 41.8 Å². The molecule has 0 unspecified atom stereocenters. The molecule has 0 bridgehead atoms. The molecule has 0 saturated heterocycles. The van der Waals surface area contributed by atoms with Crippen LogP contribution in [-0.2, 0) is 17.7 Å². The zero-order chi connectivity index (χ0) is 17.2. The second-order valence-corrected chi connectivity index (χ2v) is 5.14. The largest absolute Gasteiger partial charge is 0.497 e. The molecule has 6 heteroatoms. The van der Waals surface area contributed by atoms with Crippen molar-refractivity contribution in [3.8, 4) is 5.75 Å². The monoisotopic (exact) mass is 330 g/mol. The van der Waals surface area contributed by atoms with Crippen molar-refractivity contribution in [1.29, 1.82) is 0 Å². The molecule has 0 heterocycles. The molecule has 0 aliphatic carbocycles. The molecule has 0 radical (unpaired) electrons. The van der Waals surface area contributed by atoms with Gasteiger partial charge in [-0.2, -0.15) is 0 Å². The normalized spacial score (nSPS) is 10.2. The first-order chi connectivity index (χ1) is 11.7. The quantitative estimate of drug-likeness (QED) is 0.513. The lowest BCUT2D eigenvalue weighted by Crippen LogP contribution is -2.28. The standard InChI is InChI=1S/C18H22N2O4/c1-23-17-8-4-15(5-9-17)12-19-18(22)20-16-6-2-14(3-7-16)10-11-24-13-21/h2-9,21H,10-13H2,1H3,(H2,19,20,22). The second-order valence-electron chi connectivity index (χ2n) is 5.14. The number of rotatable bonds is 8. The molecule has 0 saturated carbocycles. The first-order valence-electron chi connectivity index (χ1n) is 7.66. The highest BCUT2D eigenvalue weighted by Crippen LogP contribution is 2.12. The maximum atomic E-state index is 11.9. The molecule has 2 aromatic rings. The predicted molar refractivity (Wildman–Crippen MR) is 92.0 cm³/mol. The van der Waals surface area contributed by atoms with Gasteiger partial charge in [0.15, 0.2) is 0 Å². The zero-order valence-corrected chi connectivity index (χ0v) is 13.6. The Hall–Kier alpha value is -2.57. The zero-order valence-electron chi connectivity index (χ0n) is 13.6. The summed E-state index contributed by atoms with van der Waals surface area (Å²) in [7, 11) is 1.62. The maximum absolute atomic E-state index is 11.9. The Labute approximate surface area is 141 Å². The molecule has 0 aliphatic heterocycles. The van der Waals surface area contributed by atoms with Crippen LogP contribution in [0.25, 0.3) is 0 Å². The minimum absolute atomic E-state index is 0.262. The van der Waals surface area contributed by atoms with E-state index in [9.17, 15) is 4.79 Å². The molecule has 3 N–H and O–H groups in total.